The van der Waals surface area contributed by atoms with Crippen molar-refractivity contribution in [2.45, 2.75) is 25.9 Å². The summed E-state index contributed by atoms with van der Waals surface area (Å²) in [6, 6.07) is 9.83. The summed E-state index contributed by atoms with van der Waals surface area (Å²) in [6.07, 6.45) is 0.579. The van der Waals surface area contributed by atoms with Gasteiger partial charge in [0.1, 0.15) is 0 Å². The van der Waals surface area contributed by atoms with Gasteiger partial charge in [-0.15, -0.1) is 0 Å². The molecule has 0 heterocycles. The minimum Gasteiger partial charge on any atom is -0.396 e. The van der Waals surface area contributed by atoms with Crippen molar-refractivity contribution in [3.8, 4) is 0 Å². The van der Waals surface area contributed by atoms with Crippen LogP contribution < -0.4 is 0 Å². The summed E-state index contributed by atoms with van der Waals surface area (Å²) in [4.78, 5) is 0. The van der Waals surface area contributed by atoms with Crippen LogP contribution in [-0.2, 0) is 6.42 Å². The SMILES string of the molecule is C[C@H](CO)[C@@](C)(O)Cc1ccccc1. The van der Waals surface area contributed by atoms with Gasteiger partial charge >= 0.3 is 0 Å². The van der Waals surface area contributed by atoms with Gasteiger partial charge < -0.3 is 10.2 Å². The molecule has 2 N–H and O–H groups in total. The van der Waals surface area contributed by atoms with Crippen LogP contribution in [0.1, 0.15) is 19.4 Å². The zero-order chi connectivity index (χ0) is 10.6. The van der Waals surface area contributed by atoms with Crippen molar-refractivity contribution in [3.05, 3.63) is 35.9 Å². The lowest BCUT2D eigenvalue weighted by molar-refractivity contribution is -0.0157. The third-order valence-corrected chi connectivity index (χ3v) is 2.74. The summed E-state index contributed by atoms with van der Waals surface area (Å²) in [6.45, 7) is 3.63. The van der Waals surface area contributed by atoms with Crippen LogP contribution in [-0.4, -0.2) is 22.4 Å². The normalized spacial score (nSPS) is 17.4. The Morgan fingerprint density at radius 2 is 1.86 bits per heavy atom. The highest BCUT2D eigenvalue weighted by Crippen LogP contribution is 2.21. The molecule has 78 valence electrons. The zero-order valence-corrected chi connectivity index (χ0v) is 8.77. The van der Waals surface area contributed by atoms with Gasteiger partial charge in [0, 0.05) is 18.9 Å². The summed E-state index contributed by atoms with van der Waals surface area (Å²) < 4.78 is 0. The Hall–Kier alpha value is -0.860. The summed E-state index contributed by atoms with van der Waals surface area (Å²) in [5, 5.41) is 19.1. The molecular formula is C12H18O2. The fraction of sp³-hybridized carbons (Fsp3) is 0.500. The average molecular weight is 194 g/mol. The van der Waals surface area contributed by atoms with Gasteiger partial charge in [-0.2, -0.15) is 0 Å². The van der Waals surface area contributed by atoms with Crippen LogP contribution in [0.15, 0.2) is 30.3 Å². The van der Waals surface area contributed by atoms with E-state index in [0.29, 0.717) is 6.42 Å². The largest absolute Gasteiger partial charge is 0.396 e. The molecule has 0 saturated heterocycles. The lowest BCUT2D eigenvalue weighted by Crippen LogP contribution is -2.37. The van der Waals surface area contributed by atoms with Crippen molar-refractivity contribution in [1.82, 2.24) is 0 Å². The molecule has 2 heteroatoms. The highest BCUT2D eigenvalue weighted by molar-refractivity contribution is 5.17. The van der Waals surface area contributed by atoms with E-state index in [2.05, 4.69) is 0 Å². The second-order valence-corrected chi connectivity index (χ2v) is 4.10. The van der Waals surface area contributed by atoms with E-state index in [1.165, 1.54) is 0 Å². The van der Waals surface area contributed by atoms with Crippen molar-refractivity contribution in [3.63, 3.8) is 0 Å². The molecular weight excluding hydrogens is 176 g/mol. The fourth-order valence-corrected chi connectivity index (χ4v) is 1.38. The van der Waals surface area contributed by atoms with E-state index in [9.17, 15) is 5.11 Å². The molecule has 2 nitrogen and oxygen atoms in total. The highest BCUT2D eigenvalue weighted by Gasteiger charge is 2.27. The van der Waals surface area contributed by atoms with Crippen LogP contribution in [0.25, 0.3) is 0 Å². The van der Waals surface area contributed by atoms with E-state index in [0.717, 1.165) is 5.56 Å². The first kappa shape index (κ1) is 11.2. The second kappa shape index (κ2) is 4.58. The van der Waals surface area contributed by atoms with Crippen molar-refractivity contribution < 1.29 is 10.2 Å². The van der Waals surface area contributed by atoms with Crippen molar-refractivity contribution in [2.75, 3.05) is 6.61 Å². The van der Waals surface area contributed by atoms with Gasteiger partial charge in [0.15, 0.2) is 0 Å². The molecule has 0 amide bonds. The van der Waals surface area contributed by atoms with E-state index in [-0.39, 0.29) is 12.5 Å². The van der Waals surface area contributed by atoms with Gasteiger partial charge in [-0.25, -0.2) is 0 Å². The van der Waals surface area contributed by atoms with Crippen molar-refractivity contribution in [1.29, 1.82) is 0 Å². The van der Waals surface area contributed by atoms with Crippen LogP contribution in [0, 0.1) is 5.92 Å². The minimum absolute atomic E-state index is 0.0137. The Labute approximate surface area is 85.2 Å². The van der Waals surface area contributed by atoms with Crippen LogP contribution in [0.3, 0.4) is 0 Å². The number of hydrogen-bond acceptors (Lipinski definition) is 2. The Morgan fingerprint density at radius 3 is 2.36 bits per heavy atom. The predicted octanol–water partition coefficient (Wildman–Crippen LogP) is 1.61. The Morgan fingerprint density at radius 1 is 1.29 bits per heavy atom. The molecule has 0 fully saturated rings. The molecule has 0 aliphatic carbocycles. The third-order valence-electron chi connectivity index (χ3n) is 2.74. The van der Waals surface area contributed by atoms with Crippen LogP contribution >= 0.6 is 0 Å². The van der Waals surface area contributed by atoms with Crippen molar-refractivity contribution >= 4 is 0 Å². The van der Waals surface area contributed by atoms with Gasteiger partial charge in [-0.1, -0.05) is 37.3 Å². The standard InChI is InChI=1S/C12H18O2/c1-10(9-13)12(2,14)8-11-6-4-3-5-7-11/h3-7,10,13-14H,8-9H2,1-2H3/t10-,12+/m1/s1. The average Bonchev–Trinajstić information content (AvgIpc) is 2.17. The smallest absolute Gasteiger partial charge is 0.0707 e. The summed E-state index contributed by atoms with van der Waals surface area (Å²) in [5.41, 5.74) is 0.258. The maximum Gasteiger partial charge on any atom is 0.0707 e. The molecule has 1 rings (SSSR count). The van der Waals surface area contributed by atoms with Gasteiger partial charge in [0.25, 0.3) is 0 Å². The first-order chi connectivity index (χ1) is 6.56. The van der Waals surface area contributed by atoms with E-state index in [4.69, 9.17) is 5.11 Å². The first-order valence-corrected chi connectivity index (χ1v) is 4.93. The summed E-state index contributed by atoms with van der Waals surface area (Å²) in [5.74, 6) is -0.109. The molecule has 2 atom stereocenters. The highest BCUT2D eigenvalue weighted by atomic mass is 16.3. The van der Waals surface area contributed by atoms with Crippen molar-refractivity contribution in [2.24, 2.45) is 5.92 Å². The minimum atomic E-state index is -0.837. The number of hydrogen-bond donors (Lipinski definition) is 2. The molecule has 0 aliphatic heterocycles. The molecule has 0 aromatic heterocycles. The zero-order valence-electron chi connectivity index (χ0n) is 8.77. The molecule has 0 radical (unpaired) electrons. The fourth-order valence-electron chi connectivity index (χ4n) is 1.38. The van der Waals surface area contributed by atoms with Crippen LogP contribution in [0.4, 0.5) is 0 Å². The molecule has 0 spiro atoms. The second-order valence-electron chi connectivity index (χ2n) is 4.10. The van der Waals surface area contributed by atoms with Gasteiger partial charge in [-0.3, -0.25) is 0 Å². The van der Waals surface area contributed by atoms with Gasteiger partial charge in [0.05, 0.1) is 5.60 Å². The quantitative estimate of drug-likeness (QED) is 0.764. The molecule has 0 bridgehead atoms. The van der Waals surface area contributed by atoms with E-state index < -0.39 is 5.60 Å². The number of rotatable bonds is 4. The number of aliphatic hydroxyl groups is 2. The first-order valence-electron chi connectivity index (χ1n) is 4.93. The molecule has 1 aromatic carbocycles. The molecule has 14 heavy (non-hydrogen) atoms. The van der Waals surface area contributed by atoms with Crippen LogP contribution in [0.5, 0.6) is 0 Å². The monoisotopic (exact) mass is 194 g/mol. The molecule has 0 unspecified atom stereocenters. The van der Waals surface area contributed by atoms with Crippen LogP contribution in [0.2, 0.25) is 0 Å². The predicted molar refractivity (Wildman–Crippen MR) is 57.0 cm³/mol. The maximum absolute atomic E-state index is 10.1. The van der Waals surface area contributed by atoms with Gasteiger partial charge in [0.2, 0.25) is 0 Å². The third kappa shape index (κ3) is 2.82. The number of aliphatic hydroxyl groups excluding tert-OH is 1. The maximum atomic E-state index is 10.1. The van der Waals surface area contributed by atoms with E-state index in [1.54, 1.807) is 6.92 Å². The van der Waals surface area contributed by atoms with Gasteiger partial charge in [-0.05, 0) is 12.5 Å². The molecule has 0 saturated carbocycles. The molecule has 1 aromatic rings. The lowest BCUT2D eigenvalue weighted by atomic mass is 9.85. The molecule has 0 aliphatic rings. The Kier molecular flexibility index (Phi) is 3.67. The summed E-state index contributed by atoms with van der Waals surface area (Å²) >= 11 is 0. The lowest BCUT2D eigenvalue weighted by Gasteiger charge is -2.29. The Bertz CT molecular complexity index is 267. The topological polar surface area (TPSA) is 40.5 Å². The van der Waals surface area contributed by atoms with E-state index >= 15 is 0 Å². The van der Waals surface area contributed by atoms with E-state index in [1.807, 2.05) is 37.3 Å². The summed E-state index contributed by atoms with van der Waals surface area (Å²) in [7, 11) is 0. The number of benzene rings is 1. The Balaban J connectivity index is 2.68.